The van der Waals surface area contributed by atoms with E-state index >= 15 is 0 Å². The minimum Gasteiger partial charge on any atom is -0.389 e. The van der Waals surface area contributed by atoms with Crippen LogP contribution in [0.25, 0.3) is 0 Å². The first kappa shape index (κ1) is 10.9. The lowest BCUT2D eigenvalue weighted by atomic mass is 9.48. The van der Waals surface area contributed by atoms with Crippen molar-refractivity contribution < 1.29 is 5.11 Å². The van der Waals surface area contributed by atoms with E-state index in [0.717, 1.165) is 18.8 Å². The Morgan fingerprint density at radius 1 is 1.67 bits per heavy atom. The zero-order valence-electron chi connectivity index (χ0n) is 9.87. The lowest BCUT2D eigenvalue weighted by Gasteiger charge is -2.57. The molecule has 0 aliphatic heterocycles. The predicted molar refractivity (Wildman–Crippen MR) is 63.5 cm³/mol. The van der Waals surface area contributed by atoms with Crippen LogP contribution in [0.2, 0.25) is 0 Å². The van der Waals surface area contributed by atoms with Crippen molar-refractivity contribution in [2.24, 2.45) is 17.3 Å². The molecule has 1 heteroatoms. The summed E-state index contributed by atoms with van der Waals surface area (Å²) in [6.07, 6.45) is 8.17. The van der Waals surface area contributed by atoms with Gasteiger partial charge in [-0.3, -0.25) is 0 Å². The van der Waals surface area contributed by atoms with Gasteiger partial charge in [-0.25, -0.2) is 0 Å². The van der Waals surface area contributed by atoms with Crippen LogP contribution in [-0.4, -0.2) is 11.2 Å². The summed E-state index contributed by atoms with van der Waals surface area (Å²) < 4.78 is 0. The van der Waals surface area contributed by atoms with E-state index in [1.807, 2.05) is 6.08 Å². The lowest BCUT2D eigenvalue weighted by molar-refractivity contribution is -0.0221. The molecule has 0 aromatic rings. The molecule has 0 saturated heterocycles. The number of fused-ring (bicyclic) bond motifs is 1. The second-order valence-corrected chi connectivity index (χ2v) is 5.63. The van der Waals surface area contributed by atoms with Crippen molar-refractivity contribution in [1.29, 1.82) is 0 Å². The van der Waals surface area contributed by atoms with Crippen LogP contribution in [0.15, 0.2) is 24.3 Å². The Morgan fingerprint density at radius 3 is 2.93 bits per heavy atom. The van der Waals surface area contributed by atoms with Gasteiger partial charge in [0.2, 0.25) is 0 Å². The smallest absolute Gasteiger partial charge is 0.0756 e. The summed E-state index contributed by atoms with van der Waals surface area (Å²) in [4.78, 5) is 0. The molecule has 0 amide bonds. The number of allylic oxidation sites excluding steroid dienone is 2. The van der Waals surface area contributed by atoms with Crippen LogP contribution in [-0.2, 0) is 0 Å². The highest BCUT2D eigenvalue weighted by Crippen LogP contribution is 2.59. The van der Waals surface area contributed by atoms with Gasteiger partial charge in [0.15, 0.2) is 0 Å². The van der Waals surface area contributed by atoms with Crippen molar-refractivity contribution in [2.45, 2.75) is 45.6 Å². The lowest BCUT2D eigenvalue weighted by Crippen LogP contribution is -2.49. The van der Waals surface area contributed by atoms with Crippen LogP contribution >= 0.6 is 0 Å². The molecule has 0 aromatic carbocycles. The van der Waals surface area contributed by atoms with Gasteiger partial charge in [-0.1, -0.05) is 26.0 Å². The summed E-state index contributed by atoms with van der Waals surface area (Å²) in [6.45, 7) is 8.40. The largest absolute Gasteiger partial charge is 0.389 e. The Hall–Kier alpha value is -0.560. The summed E-state index contributed by atoms with van der Waals surface area (Å²) in [5, 5.41) is 10.1. The van der Waals surface area contributed by atoms with E-state index in [0.29, 0.717) is 11.3 Å². The van der Waals surface area contributed by atoms with Crippen LogP contribution in [0, 0.1) is 17.3 Å². The van der Waals surface area contributed by atoms with Gasteiger partial charge >= 0.3 is 0 Å². The molecule has 1 N–H and O–H groups in total. The minimum atomic E-state index is -0.228. The molecule has 0 spiro atoms. The number of aliphatic hydroxyl groups excluding tert-OH is 1. The Labute approximate surface area is 92.9 Å². The van der Waals surface area contributed by atoms with Crippen molar-refractivity contribution >= 4 is 0 Å². The van der Waals surface area contributed by atoms with Crippen molar-refractivity contribution in [1.82, 2.24) is 0 Å². The fourth-order valence-corrected chi connectivity index (χ4v) is 3.21. The third-order valence-electron chi connectivity index (χ3n) is 4.54. The van der Waals surface area contributed by atoms with Gasteiger partial charge in [0.1, 0.15) is 0 Å². The van der Waals surface area contributed by atoms with Crippen LogP contribution < -0.4 is 0 Å². The summed E-state index contributed by atoms with van der Waals surface area (Å²) in [7, 11) is 0. The van der Waals surface area contributed by atoms with Crippen LogP contribution in [0.4, 0.5) is 0 Å². The molecule has 3 aliphatic carbocycles. The van der Waals surface area contributed by atoms with Crippen molar-refractivity contribution in [3.05, 3.63) is 24.3 Å². The number of rotatable bonds is 4. The van der Waals surface area contributed by atoms with Gasteiger partial charge in [0.25, 0.3) is 0 Å². The first-order chi connectivity index (χ1) is 7.07. The van der Waals surface area contributed by atoms with Gasteiger partial charge in [-0.15, -0.1) is 6.58 Å². The van der Waals surface area contributed by atoms with Gasteiger partial charge in [0.05, 0.1) is 6.10 Å². The van der Waals surface area contributed by atoms with E-state index in [2.05, 4.69) is 26.5 Å². The molecule has 2 bridgehead atoms. The Kier molecular flexibility index (Phi) is 2.76. The number of hydrogen-bond donors (Lipinski definition) is 1. The molecule has 1 fully saturated rings. The average Bonchev–Trinajstić information content (AvgIpc) is 2.25. The van der Waals surface area contributed by atoms with Crippen molar-refractivity contribution in [3.63, 3.8) is 0 Å². The third-order valence-corrected chi connectivity index (χ3v) is 4.54. The maximum absolute atomic E-state index is 10.1. The maximum Gasteiger partial charge on any atom is 0.0756 e. The minimum absolute atomic E-state index is 0.228. The third kappa shape index (κ3) is 1.67. The zero-order valence-corrected chi connectivity index (χ0v) is 9.87. The van der Waals surface area contributed by atoms with E-state index in [1.54, 1.807) is 0 Å². The van der Waals surface area contributed by atoms with Gasteiger partial charge < -0.3 is 5.11 Å². The summed E-state index contributed by atoms with van der Waals surface area (Å²) in [5.74, 6) is 1.49. The second kappa shape index (κ2) is 3.79. The predicted octanol–water partition coefficient (Wildman–Crippen LogP) is 3.31. The molecule has 3 rings (SSSR count). The molecule has 3 aliphatic rings. The average molecular weight is 206 g/mol. The van der Waals surface area contributed by atoms with E-state index in [1.165, 1.54) is 18.4 Å². The monoisotopic (exact) mass is 206 g/mol. The van der Waals surface area contributed by atoms with Crippen molar-refractivity contribution in [2.75, 3.05) is 0 Å². The highest BCUT2D eigenvalue weighted by molar-refractivity contribution is 5.26. The van der Waals surface area contributed by atoms with Crippen LogP contribution in [0.3, 0.4) is 0 Å². The summed E-state index contributed by atoms with van der Waals surface area (Å²) >= 11 is 0. The summed E-state index contributed by atoms with van der Waals surface area (Å²) in [6, 6.07) is 0. The molecule has 1 nitrogen and oxygen atoms in total. The van der Waals surface area contributed by atoms with Gasteiger partial charge in [-0.2, -0.15) is 0 Å². The molecule has 15 heavy (non-hydrogen) atoms. The van der Waals surface area contributed by atoms with E-state index in [9.17, 15) is 5.11 Å². The molecular weight excluding hydrogens is 184 g/mol. The highest BCUT2D eigenvalue weighted by Gasteiger charge is 2.52. The van der Waals surface area contributed by atoms with Crippen molar-refractivity contribution in [3.8, 4) is 0 Å². The fraction of sp³-hybridized carbons (Fsp3) is 0.714. The van der Waals surface area contributed by atoms with Crippen LogP contribution in [0.1, 0.15) is 39.5 Å². The number of hydrogen-bond acceptors (Lipinski definition) is 1. The molecule has 3 atom stereocenters. The maximum atomic E-state index is 10.1. The Morgan fingerprint density at radius 2 is 2.40 bits per heavy atom. The standard InChI is InChI=1S/C14H22O/c1-4-5-6-13(15)11-8-7-10-9-12(11)14(10,2)3/h4,8,10,12-13,15H,1,5-7,9H2,2-3H3/t10-,12-,13?/m1/s1. The normalized spacial score (nSPS) is 33.9. The molecular formula is C14H22O. The Balaban J connectivity index is 2.04. The molecule has 0 heterocycles. The fourth-order valence-electron chi connectivity index (χ4n) is 3.21. The van der Waals surface area contributed by atoms with Gasteiger partial charge in [-0.05, 0) is 48.5 Å². The van der Waals surface area contributed by atoms with E-state index < -0.39 is 0 Å². The number of aliphatic hydroxyl groups is 1. The molecule has 84 valence electrons. The highest BCUT2D eigenvalue weighted by atomic mass is 16.3. The molecule has 1 unspecified atom stereocenters. The first-order valence-electron chi connectivity index (χ1n) is 6.06. The Bertz CT molecular complexity index is 288. The quantitative estimate of drug-likeness (QED) is 0.700. The SMILES string of the molecule is C=CCCC(O)C1=CC[C@@H]2C[C@H]1C2(C)C. The summed E-state index contributed by atoms with van der Waals surface area (Å²) in [5.41, 5.74) is 1.74. The van der Waals surface area contributed by atoms with Gasteiger partial charge in [0, 0.05) is 0 Å². The van der Waals surface area contributed by atoms with E-state index in [4.69, 9.17) is 0 Å². The topological polar surface area (TPSA) is 20.2 Å². The zero-order chi connectivity index (χ0) is 11.1. The molecule has 0 radical (unpaired) electrons. The van der Waals surface area contributed by atoms with Crippen LogP contribution in [0.5, 0.6) is 0 Å². The second-order valence-electron chi connectivity index (χ2n) is 5.63. The first-order valence-corrected chi connectivity index (χ1v) is 6.06. The molecule has 0 aromatic heterocycles. The van der Waals surface area contributed by atoms with E-state index in [-0.39, 0.29) is 6.10 Å². The molecule has 1 saturated carbocycles.